The lowest BCUT2D eigenvalue weighted by atomic mass is 10.1. The smallest absolute Gasteiger partial charge is 0.265 e. The minimum Gasteiger partial charge on any atom is -0.322 e. The van der Waals surface area contributed by atoms with Crippen LogP contribution in [0.2, 0.25) is 0 Å². The topological polar surface area (TPSA) is 87.3 Å². The van der Waals surface area contributed by atoms with Crippen LogP contribution in [0.25, 0.3) is 0 Å². The van der Waals surface area contributed by atoms with Crippen molar-refractivity contribution in [3.05, 3.63) is 112 Å². The molecule has 6 nitrogen and oxygen atoms in total. The second-order valence-corrected chi connectivity index (χ2v) is 7.82. The Balaban J connectivity index is 1.42. The molecule has 0 fully saturated rings. The van der Waals surface area contributed by atoms with Crippen molar-refractivity contribution in [3.63, 3.8) is 0 Å². The van der Waals surface area contributed by atoms with E-state index in [0.717, 1.165) is 0 Å². The maximum Gasteiger partial charge on any atom is 0.265 e. The predicted octanol–water partition coefficient (Wildman–Crippen LogP) is 5.51. The number of benzene rings is 3. The van der Waals surface area contributed by atoms with Crippen LogP contribution in [0.15, 0.2) is 96.4 Å². The molecule has 3 aromatic carbocycles. The molecule has 0 bridgehead atoms. The van der Waals surface area contributed by atoms with Gasteiger partial charge in [-0.2, -0.15) is 0 Å². The van der Waals surface area contributed by atoms with Crippen LogP contribution in [0.1, 0.15) is 30.4 Å². The standard InChI is InChI=1S/C25H19N3O3S/c29-23(17-7-2-1-3-8-17)26-20-11-5-12-21(16-20)27-24(30)18-9-4-10-19(15-18)28-25(31)22-13-6-14-32-22/h1-16H,(H,26,29)(H,27,30)(H,28,31). The molecule has 4 aromatic rings. The van der Waals surface area contributed by atoms with Crippen molar-refractivity contribution < 1.29 is 14.4 Å². The van der Waals surface area contributed by atoms with Gasteiger partial charge in [0.05, 0.1) is 4.88 Å². The molecule has 3 amide bonds. The molecule has 1 heterocycles. The molecule has 0 spiro atoms. The van der Waals surface area contributed by atoms with Gasteiger partial charge in [0.2, 0.25) is 0 Å². The molecule has 0 unspecified atom stereocenters. The predicted molar refractivity (Wildman–Crippen MR) is 128 cm³/mol. The summed E-state index contributed by atoms with van der Waals surface area (Å²) in [7, 11) is 0. The highest BCUT2D eigenvalue weighted by atomic mass is 32.1. The number of carbonyl (C=O) groups is 3. The monoisotopic (exact) mass is 441 g/mol. The fourth-order valence-electron chi connectivity index (χ4n) is 3.01. The minimum atomic E-state index is -0.330. The number of hydrogen-bond acceptors (Lipinski definition) is 4. The van der Waals surface area contributed by atoms with Gasteiger partial charge in [0.15, 0.2) is 0 Å². The first kappa shape index (κ1) is 21.0. The van der Waals surface area contributed by atoms with Gasteiger partial charge in [0, 0.05) is 28.2 Å². The normalized spacial score (nSPS) is 10.2. The average Bonchev–Trinajstić information content (AvgIpc) is 3.35. The fraction of sp³-hybridized carbons (Fsp3) is 0. The third-order valence-electron chi connectivity index (χ3n) is 4.54. The minimum absolute atomic E-state index is 0.223. The van der Waals surface area contributed by atoms with E-state index in [-0.39, 0.29) is 17.7 Å². The molecular formula is C25H19N3O3S. The van der Waals surface area contributed by atoms with Gasteiger partial charge < -0.3 is 16.0 Å². The van der Waals surface area contributed by atoms with Gasteiger partial charge in [-0.15, -0.1) is 11.3 Å². The number of hydrogen-bond donors (Lipinski definition) is 3. The summed E-state index contributed by atoms with van der Waals surface area (Å²) >= 11 is 1.35. The van der Waals surface area contributed by atoms with Crippen molar-refractivity contribution in [1.29, 1.82) is 0 Å². The van der Waals surface area contributed by atoms with Crippen LogP contribution < -0.4 is 16.0 Å². The fourth-order valence-corrected chi connectivity index (χ4v) is 3.63. The molecule has 0 atom stereocenters. The third kappa shape index (κ3) is 5.27. The highest BCUT2D eigenvalue weighted by molar-refractivity contribution is 7.12. The molecule has 0 aliphatic heterocycles. The van der Waals surface area contributed by atoms with Crippen LogP contribution in [-0.4, -0.2) is 17.7 Å². The summed E-state index contributed by atoms with van der Waals surface area (Å²) in [5.74, 6) is -0.786. The molecule has 1 aromatic heterocycles. The zero-order valence-electron chi connectivity index (χ0n) is 16.9. The van der Waals surface area contributed by atoms with E-state index < -0.39 is 0 Å². The van der Waals surface area contributed by atoms with Gasteiger partial charge in [-0.05, 0) is 60.0 Å². The van der Waals surface area contributed by atoms with Crippen molar-refractivity contribution in [3.8, 4) is 0 Å². The Bertz CT molecular complexity index is 1250. The number of carbonyl (C=O) groups excluding carboxylic acids is 3. The third-order valence-corrected chi connectivity index (χ3v) is 5.41. The van der Waals surface area contributed by atoms with Crippen molar-refractivity contribution in [2.45, 2.75) is 0 Å². The highest BCUT2D eigenvalue weighted by Crippen LogP contribution is 2.19. The van der Waals surface area contributed by atoms with E-state index in [1.165, 1.54) is 11.3 Å². The Kier molecular flexibility index (Phi) is 6.38. The van der Waals surface area contributed by atoms with E-state index >= 15 is 0 Å². The van der Waals surface area contributed by atoms with Crippen LogP contribution in [0, 0.1) is 0 Å². The molecule has 32 heavy (non-hydrogen) atoms. The van der Waals surface area contributed by atoms with Crippen molar-refractivity contribution in [1.82, 2.24) is 0 Å². The van der Waals surface area contributed by atoms with E-state index in [4.69, 9.17) is 0 Å². The van der Waals surface area contributed by atoms with Crippen molar-refractivity contribution in [2.24, 2.45) is 0 Å². The van der Waals surface area contributed by atoms with Gasteiger partial charge in [-0.3, -0.25) is 14.4 Å². The van der Waals surface area contributed by atoms with Gasteiger partial charge in [0.25, 0.3) is 17.7 Å². The maximum absolute atomic E-state index is 12.7. The van der Waals surface area contributed by atoms with Crippen LogP contribution in [0.4, 0.5) is 17.1 Å². The summed E-state index contributed by atoms with van der Waals surface area (Å²) in [6, 6.07) is 26.0. The Morgan fingerprint density at radius 2 is 1.09 bits per heavy atom. The maximum atomic E-state index is 12.7. The summed E-state index contributed by atoms with van der Waals surface area (Å²) in [6.45, 7) is 0. The lowest BCUT2D eigenvalue weighted by molar-refractivity contribution is 0.101. The zero-order chi connectivity index (χ0) is 22.3. The van der Waals surface area contributed by atoms with Crippen molar-refractivity contribution in [2.75, 3.05) is 16.0 Å². The lowest BCUT2D eigenvalue weighted by Crippen LogP contribution is -2.15. The number of rotatable bonds is 6. The number of amides is 3. The van der Waals surface area contributed by atoms with Crippen LogP contribution in [0.5, 0.6) is 0 Å². The first-order valence-electron chi connectivity index (χ1n) is 9.81. The SMILES string of the molecule is O=C(Nc1cccc(NC(=O)c2cccc(NC(=O)c3cccs3)c2)c1)c1ccccc1. The van der Waals surface area contributed by atoms with E-state index in [2.05, 4.69) is 16.0 Å². The summed E-state index contributed by atoms with van der Waals surface area (Å²) in [4.78, 5) is 37.9. The van der Waals surface area contributed by atoms with E-state index in [1.54, 1.807) is 84.9 Å². The number of anilines is 3. The quantitative estimate of drug-likeness (QED) is 0.369. The number of thiophene rings is 1. The summed E-state index contributed by atoms with van der Waals surface area (Å²) in [5, 5.41) is 10.3. The van der Waals surface area contributed by atoms with Crippen LogP contribution >= 0.6 is 11.3 Å². The molecule has 0 aliphatic rings. The Labute approximate surface area is 188 Å². The molecule has 0 aliphatic carbocycles. The Hall–Kier alpha value is -4.23. The van der Waals surface area contributed by atoms with Gasteiger partial charge in [-0.25, -0.2) is 0 Å². The molecule has 7 heteroatoms. The molecule has 4 rings (SSSR count). The lowest BCUT2D eigenvalue weighted by Gasteiger charge is -2.10. The van der Waals surface area contributed by atoms with E-state index in [1.807, 2.05) is 11.4 Å². The molecule has 0 radical (unpaired) electrons. The Morgan fingerprint density at radius 1 is 0.531 bits per heavy atom. The molecule has 158 valence electrons. The second-order valence-electron chi connectivity index (χ2n) is 6.87. The number of nitrogens with one attached hydrogen (secondary N) is 3. The first-order chi connectivity index (χ1) is 15.6. The molecule has 3 N–H and O–H groups in total. The molecule has 0 saturated heterocycles. The van der Waals surface area contributed by atoms with Gasteiger partial charge >= 0.3 is 0 Å². The molecule has 0 saturated carbocycles. The first-order valence-corrected chi connectivity index (χ1v) is 10.7. The van der Waals surface area contributed by atoms with E-state index in [9.17, 15) is 14.4 Å². The summed E-state index contributed by atoms with van der Waals surface area (Å²) < 4.78 is 0. The summed E-state index contributed by atoms with van der Waals surface area (Å²) in [6.07, 6.45) is 0. The largest absolute Gasteiger partial charge is 0.322 e. The average molecular weight is 442 g/mol. The Morgan fingerprint density at radius 3 is 1.75 bits per heavy atom. The van der Waals surface area contributed by atoms with Crippen LogP contribution in [0.3, 0.4) is 0 Å². The highest BCUT2D eigenvalue weighted by Gasteiger charge is 2.11. The zero-order valence-corrected chi connectivity index (χ0v) is 17.7. The van der Waals surface area contributed by atoms with Gasteiger partial charge in [-0.1, -0.05) is 36.4 Å². The van der Waals surface area contributed by atoms with Gasteiger partial charge in [0.1, 0.15) is 0 Å². The second kappa shape index (κ2) is 9.72. The molecular weight excluding hydrogens is 422 g/mol. The van der Waals surface area contributed by atoms with E-state index in [0.29, 0.717) is 33.1 Å². The summed E-state index contributed by atoms with van der Waals surface area (Å²) in [5.41, 5.74) is 2.57. The van der Waals surface area contributed by atoms with Crippen molar-refractivity contribution >= 4 is 46.1 Å². The van der Waals surface area contributed by atoms with Crippen LogP contribution in [-0.2, 0) is 0 Å².